The number of amides is 1. The molecule has 1 atom stereocenters. The van der Waals surface area contributed by atoms with E-state index in [-0.39, 0.29) is 18.6 Å². The average molecular weight is 380 g/mol. The van der Waals surface area contributed by atoms with Crippen molar-refractivity contribution in [3.8, 4) is 0 Å². The summed E-state index contributed by atoms with van der Waals surface area (Å²) in [4.78, 5) is 24.6. The first-order valence-corrected chi connectivity index (χ1v) is 9.62. The number of rotatable bonds is 5. The second kappa shape index (κ2) is 7.46. The predicted molar refractivity (Wildman–Crippen MR) is 107 cm³/mol. The molecule has 0 unspecified atom stereocenters. The van der Waals surface area contributed by atoms with Gasteiger partial charge in [-0.15, -0.1) is 11.3 Å². The molecule has 0 radical (unpaired) electrons. The lowest BCUT2D eigenvalue weighted by molar-refractivity contribution is -0.126. The topological polar surface area (TPSA) is 78.4 Å². The monoisotopic (exact) mass is 380 g/mol. The van der Waals surface area contributed by atoms with E-state index in [4.69, 9.17) is 0 Å². The van der Waals surface area contributed by atoms with Gasteiger partial charge in [0.1, 0.15) is 17.0 Å². The third-order valence-electron chi connectivity index (χ3n) is 4.82. The van der Waals surface area contributed by atoms with Gasteiger partial charge < -0.3 is 15.3 Å². The Labute approximate surface area is 161 Å². The highest BCUT2D eigenvalue weighted by Gasteiger charge is 2.26. The Bertz CT molecular complexity index is 986. The summed E-state index contributed by atoms with van der Waals surface area (Å²) in [6.07, 6.45) is 3.65. The lowest BCUT2D eigenvalue weighted by Crippen LogP contribution is -2.34. The molecule has 0 spiro atoms. The van der Waals surface area contributed by atoms with Gasteiger partial charge in [-0.3, -0.25) is 4.79 Å². The molecule has 27 heavy (non-hydrogen) atoms. The van der Waals surface area contributed by atoms with Gasteiger partial charge in [-0.2, -0.15) is 0 Å². The molecule has 7 heteroatoms. The van der Waals surface area contributed by atoms with Gasteiger partial charge in [-0.05, 0) is 23.6 Å². The molecule has 0 bridgehead atoms. The smallest absolute Gasteiger partial charge is 0.246 e. The highest BCUT2D eigenvalue weighted by Crippen LogP contribution is 2.38. The van der Waals surface area contributed by atoms with Crippen LogP contribution in [0.1, 0.15) is 22.0 Å². The van der Waals surface area contributed by atoms with E-state index in [1.54, 1.807) is 22.6 Å². The normalized spacial score (nSPS) is 14.6. The number of hydrogen-bond donors (Lipinski definition) is 2. The third-order valence-corrected chi connectivity index (χ3v) is 5.94. The minimum atomic E-state index is -0.248. The van der Waals surface area contributed by atoms with E-state index in [9.17, 15) is 9.90 Å². The molecule has 0 aliphatic carbocycles. The molecule has 2 aromatic heterocycles. The standard InChI is InChI=1S/C20H20N4O2S/c1-2-17(26)24-9-8-14-16(10-24)27-20-18(14)19(21-12-22-20)23-15(11-25)13-6-4-3-5-7-13/h2-7,12,15,25H,1,8-11H2,(H,21,22,23)/t15-/m1/s1. The molecule has 3 heterocycles. The number of aromatic nitrogens is 2. The van der Waals surface area contributed by atoms with Crippen LogP contribution in [0.15, 0.2) is 49.3 Å². The van der Waals surface area contributed by atoms with Gasteiger partial charge in [0.15, 0.2) is 0 Å². The zero-order valence-electron chi connectivity index (χ0n) is 14.8. The first-order chi connectivity index (χ1) is 13.2. The van der Waals surface area contributed by atoms with Crippen molar-refractivity contribution in [2.45, 2.75) is 19.0 Å². The molecule has 2 N–H and O–H groups in total. The van der Waals surface area contributed by atoms with Gasteiger partial charge >= 0.3 is 0 Å². The highest BCUT2D eigenvalue weighted by atomic mass is 32.1. The lowest BCUT2D eigenvalue weighted by Gasteiger charge is -2.26. The minimum Gasteiger partial charge on any atom is -0.394 e. The van der Waals surface area contributed by atoms with Crippen molar-refractivity contribution in [1.82, 2.24) is 14.9 Å². The van der Waals surface area contributed by atoms with E-state index < -0.39 is 0 Å². The summed E-state index contributed by atoms with van der Waals surface area (Å²) in [5, 5.41) is 14.2. The quantitative estimate of drug-likeness (QED) is 0.666. The van der Waals surface area contributed by atoms with E-state index in [1.807, 2.05) is 30.3 Å². The molecular formula is C20H20N4O2S. The van der Waals surface area contributed by atoms with Gasteiger partial charge in [-0.25, -0.2) is 9.97 Å². The Morgan fingerprint density at radius 1 is 1.37 bits per heavy atom. The number of carbonyl (C=O) groups excluding carboxylic acids is 1. The van der Waals surface area contributed by atoms with Crippen LogP contribution in [0.4, 0.5) is 5.82 Å². The molecule has 4 rings (SSSR count). The molecule has 1 amide bonds. The number of thiophene rings is 1. The second-order valence-corrected chi connectivity index (χ2v) is 7.49. The third kappa shape index (κ3) is 3.31. The van der Waals surface area contributed by atoms with Gasteiger partial charge in [0.05, 0.1) is 24.6 Å². The summed E-state index contributed by atoms with van der Waals surface area (Å²) in [7, 11) is 0. The number of hydrogen-bond acceptors (Lipinski definition) is 6. The summed E-state index contributed by atoms with van der Waals surface area (Å²) >= 11 is 1.59. The summed E-state index contributed by atoms with van der Waals surface area (Å²) in [5.74, 6) is 0.677. The predicted octanol–water partition coefficient (Wildman–Crippen LogP) is 2.91. The van der Waals surface area contributed by atoms with E-state index in [1.165, 1.54) is 11.6 Å². The van der Waals surface area contributed by atoms with Crippen molar-refractivity contribution >= 4 is 33.3 Å². The molecular weight excluding hydrogens is 360 g/mol. The molecule has 0 fully saturated rings. The fourth-order valence-electron chi connectivity index (χ4n) is 3.44. The van der Waals surface area contributed by atoms with Crippen molar-refractivity contribution in [3.05, 3.63) is 65.3 Å². The number of anilines is 1. The van der Waals surface area contributed by atoms with Crippen molar-refractivity contribution < 1.29 is 9.90 Å². The molecule has 1 aromatic carbocycles. The largest absolute Gasteiger partial charge is 0.394 e. The van der Waals surface area contributed by atoms with Gasteiger partial charge in [0.2, 0.25) is 5.91 Å². The highest BCUT2D eigenvalue weighted by molar-refractivity contribution is 7.19. The minimum absolute atomic E-state index is 0.0382. The van der Waals surface area contributed by atoms with Crippen LogP contribution in [-0.4, -0.2) is 39.0 Å². The summed E-state index contributed by atoms with van der Waals surface area (Å²) in [6.45, 7) is 4.76. The van der Waals surface area contributed by atoms with Crippen LogP contribution in [0.3, 0.4) is 0 Å². The number of nitrogens with one attached hydrogen (secondary N) is 1. The van der Waals surface area contributed by atoms with Crippen LogP contribution in [0.5, 0.6) is 0 Å². The van der Waals surface area contributed by atoms with E-state index in [0.29, 0.717) is 13.1 Å². The summed E-state index contributed by atoms with van der Waals surface area (Å²) < 4.78 is 0. The average Bonchev–Trinajstić information content (AvgIpc) is 3.10. The van der Waals surface area contributed by atoms with E-state index >= 15 is 0 Å². The fourth-order valence-corrected chi connectivity index (χ4v) is 4.64. The van der Waals surface area contributed by atoms with E-state index in [0.717, 1.165) is 32.9 Å². The van der Waals surface area contributed by atoms with Crippen LogP contribution in [0.25, 0.3) is 10.2 Å². The molecule has 0 saturated carbocycles. The van der Waals surface area contributed by atoms with E-state index in [2.05, 4.69) is 21.9 Å². The number of aliphatic hydroxyl groups excluding tert-OH is 1. The first kappa shape index (κ1) is 17.6. The van der Waals surface area contributed by atoms with Gasteiger partial charge in [0.25, 0.3) is 0 Å². The van der Waals surface area contributed by atoms with Gasteiger partial charge in [-0.1, -0.05) is 36.9 Å². The number of carbonyl (C=O) groups is 1. The second-order valence-electron chi connectivity index (χ2n) is 6.41. The van der Waals surface area contributed by atoms with Gasteiger partial charge in [0, 0.05) is 11.4 Å². The molecule has 6 nitrogen and oxygen atoms in total. The fraction of sp³-hybridized carbons (Fsp3) is 0.250. The maximum absolute atomic E-state index is 11.9. The molecule has 0 saturated heterocycles. The molecule has 138 valence electrons. The van der Waals surface area contributed by atoms with Crippen molar-refractivity contribution in [2.75, 3.05) is 18.5 Å². The molecule has 1 aliphatic heterocycles. The molecule has 1 aliphatic rings. The van der Waals surface area contributed by atoms with Crippen LogP contribution in [-0.2, 0) is 17.8 Å². The number of fused-ring (bicyclic) bond motifs is 3. The van der Waals surface area contributed by atoms with Crippen molar-refractivity contribution in [2.24, 2.45) is 0 Å². The van der Waals surface area contributed by atoms with Crippen LogP contribution >= 0.6 is 11.3 Å². The van der Waals surface area contributed by atoms with Crippen molar-refractivity contribution in [3.63, 3.8) is 0 Å². The maximum Gasteiger partial charge on any atom is 0.246 e. The number of nitrogens with zero attached hydrogens (tertiary/aromatic N) is 3. The SMILES string of the molecule is C=CC(=O)N1CCc2c(sc3ncnc(N[C@H](CO)c4ccccc4)c23)C1. The number of aliphatic hydroxyl groups is 1. The Morgan fingerprint density at radius 3 is 2.93 bits per heavy atom. The Hall–Kier alpha value is -2.77. The Balaban J connectivity index is 1.70. The Morgan fingerprint density at radius 2 is 2.19 bits per heavy atom. The number of benzene rings is 1. The molecule has 3 aromatic rings. The zero-order chi connectivity index (χ0) is 18.8. The summed E-state index contributed by atoms with van der Waals surface area (Å²) in [6, 6.07) is 9.57. The lowest BCUT2D eigenvalue weighted by atomic mass is 10.0. The first-order valence-electron chi connectivity index (χ1n) is 8.80. The van der Waals surface area contributed by atoms with Crippen LogP contribution < -0.4 is 5.32 Å². The van der Waals surface area contributed by atoms with Crippen molar-refractivity contribution in [1.29, 1.82) is 0 Å². The zero-order valence-corrected chi connectivity index (χ0v) is 15.6. The van der Waals surface area contributed by atoms with Crippen LogP contribution in [0, 0.1) is 0 Å². The van der Waals surface area contributed by atoms with Crippen LogP contribution in [0.2, 0.25) is 0 Å². The Kier molecular flexibility index (Phi) is 4.87. The maximum atomic E-state index is 11.9. The summed E-state index contributed by atoms with van der Waals surface area (Å²) in [5.41, 5.74) is 2.19.